The molecule has 1 aromatic carbocycles. The minimum absolute atomic E-state index is 0.0117. The third-order valence-corrected chi connectivity index (χ3v) is 4.87. The molecule has 0 aliphatic heterocycles. The highest BCUT2D eigenvalue weighted by Gasteiger charge is 2.26. The lowest BCUT2D eigenvalue weighted by atomic mass is 9.79. The minimum atomic E-state index is -0.403. The van der Waals surface area contributed by atoms with Crippen LogP contribution in [0.1, 0.15) is 45.1 Å². The molecule has 0 spiro atoms. The van der Waals surface area contributed by atoms with E-state index in [-0.39, 0.29) is 5.91 Å². The molecule has 0 radical (unpaired) electrons. The van der Waals surface area contributed by atoms with Gasteiger partial charge in [0.05, 0.1) is 6.04 Å². The van der Waals surface area contributed by atoms with Crippen molar-refractivity contribution in [3.63, 3.8) is 0 Å². The summed E-state index contributed by atoms with van der Waals surface area (Å²) in [5.74, 6) is 1.46. The number of aryl methyl sites for hydroxylation is 1. The highest BCUT2D eigenvalue weighted by atomic mass is 16.2. The van der Waals surface area contributed by atoms with Gasteiger partial charge >= 0.3 is 0 Å². The quantitative estimate of drug-likeness (QED) is 0.875. The van der Waals surface area contributed by atoms with Crippen molar-refractivity contribution < 1.29 is 4.79 Å². The second-order valence-corrected chi connectivity index (χ2v) is 6.60. The lowest BCUT2D eigenvalue weighted by molar-refractivity contribution is -0.123. The first kappa shape index (κ1) is 16.0. The van der Waals surface area contributed by atoms with Gasteiger partial charge in [-0.2, -0.15) is 0 Å². The molecule has 0 saturated heterocycles. The van der Waals surface area contributed by atoms with Crippen LogP contribution in [0.2, 0.25) is 0 Å². The highest BCUT2D eigenvalue weighted by Crippen LogP contribution is 2.29. The van der Waals surface area contributed by atoms with Crippen molar-refractivity contribution in [2.24, 2.45) is 17.6 Å². The number of nitrogens with two attached hydrogens (primary N) is 1. The van der Waals surface area contributed by atoms with Gasteiger partial charge in [0, 0.05) is 6.04 Å². The first-order valence-corrected chi connectivity index (χ1v) is 8.16. The van der Waals surface area contributed by atoms with Crippen molar-refractivity contribution in [2.75, 3.05) is 0 Å². The number of carbonyl (C=O) groups excluding carboxylic acids is 1. The number of benzene rings is 1. The molecular formula is C18H28N2O. The van der Waals surface area contributed by atoms with Crippen LogP contribution < -0.4 is 11.1 Å². The van der Waals surface area contributed by atoms with Crippen LogP contribution in [0, 0.1) is 11.8 Å². The molecule has 1 amide bonds. The topological polar surface area (TPSA) is 55.1 Å². The average molecular weight is 288 g/mol. The second kappa shape index (κ2) is 7.60. The molecule has 0 aromatic heterocycles. The molecule has 4 unspecified atom stereocenters. The van der Waals surface area contributed by atoms with Crippen molar-refractivity contribution in [3.05, 3.63) is 35.9 Å². The molecule has 3 heteroatoms. The molecule has 2 rings (SSSR count). The summed E-state index contributed by atoms with van der Waals surface area (Å²) in [6.07, 6.45) is 4.92. The number of rotatable bonds is 5. The molecule has 21 heavy (non-hydrogen) atoms. The Kier molecular flexibility index (Phi) is 5.80. The van der Waals surface area contributed by atoms with E-state index in [4.69, 9.17) is 5.73 Å². The van der Waals surface area contributed by atoms with Crippen LogP contribution in [0.15, 0.2) is 30.3 Å². The number of hydrogen-bond acceptors (Lipinski definition) is 2. The third-order valence-electron chi connectivity index (χ3n) is 4.87. The van der Waals surface area contributed by atoms with Gasteiger partial charge in [0.25, 0.3) is 0 Å². The molecule has 1 aliphatic rings. The van der Waals surface area contributed by atoms with E-state index >= 15 is 0 Å². The number of carbonyl (C=O) groups is 1. The molecular weight excluding hydrogens is 260 g/mol. The predicted molar refractivity (Wildman–Crippen MR) is 86.8 cm³/mol. The zero-order valence-corrected chi connectivity index (χ0v) is 13.2. The lowest BCUT2D eigenvalue weighted by Crippen LogP contribution is -2.47. The molecule has 3 N–H and O–H groups in total. The van der Waals surface area contributed by atoms with E-state index in [2.05, 4.69) is 31.3 Å². The summed E-state index contributed by atoms with van der Waals surface area (Å²) in [6.45, 7) is 4.58. The van der Waals surface area contributed by atoms with E-state index in [0.29, 0.717) is 18.4 Å². The first-order chi connectivity index (χ1) is 10.1. The SMILES string of the molecule is CC1CCC(NC(=O)C(N)CCc2ccccc2)CC1C. The summed E-state index contributed by atoms with van der Waals surface area (Å²) in [4.78, 5) is 12.2. The third kappa shape index (κ3) is 4.85. The standard InChI is InChI=1S/C18H28N2O/c1-13-8-10-16(12-14(13)2)20-18(21)17(19)11-9-15-6-4-3-5-7-15/h3-7,13-14,16-17H,8-12,19H2,1-2H3,(H,20,21). The Morgan fingerprint density at radius 2 is 1.95 bits per heavy atom. The van der Waals surface area contributed by atoms with Crippen LogP contribution >= 0.6 is 0 Å². The zero-order chi connectivity index (χ0) is 15.2. The largest absolute Gasteiger partial charge is 0.352 e. The van der Waals surface area contributed by atoms with E-state index in [1.165, 1.54) is 12.0 Å². The fourth-order valence-corrected chi connectivity index (χ4v) is 3.08. The average Bonchev–Trinajstić information content (AvgIpc) is 2.49. The fraction of sp³-hybridized carbons (Fsp3) is 0.611. The molecule has 3 nitrogen and oxygen atoms in total. The maximum absolute atomic E-state index is 12.2. The molecule has 0 bridgehead atoms. The molecule has 1 fully saturated rings. The summed E-state index contributed by atoms with van der Waals surface area (Å²) in [5, 5.41) is 3.14. The lowest BCUT2D eigenvalue weighted by Gasteiger charge is -2.33. The summed E-state index contributed by atoms with van der Waals surface area (Å²) >= 11 is 0. The summed E-state index contributed by atoms with van der Waals surface area (Å²) in [5.41, 5.74) is 7.27. The Bertz CT molecular complexity index is 446. The molecule has 116 valence electrons. The highest BCUT2D eigenvalue weighted by molar-refractivity contribution is 5.81. The van der Waals surface area contributed by atoms with Gasteiger partial charge in [-0.1, -0.05) is 44.2 Å². The summed E-state index contributed by atoms with van der Waals surface area (Å²) < 4.78 is 0. The van der Waals surface area contributed by atoms with Crippen molar-refractivity contribution in [1.82, 2.24) is 5.32 Å². The van der Waals surface area contributed by atoms with Crippen molar-refractivity contribution >= 4 is 5.91 Å². The maximum Gasteiger partial charge on any atom is 0.237 e. The smallest absolute Gasteiger partial charge is 0.237 e. The number of amides is 1. The Hall–Kier alpha value is -1.35. The summed E-state index contributed by atoms with van der Waals surface area (Å²) in [7, 11) is 0. The predicted octanol–water partition coefficient (Wildman–Crippen LogP) is 2.89. The maximum atomic E-state index is 12.2. The van der Waals surface area contributed by atoms with Gasteiger partial charge in [0.1, 0.15) is 0 Å². The number of hydrogen-bond donors (Lipinski definition) is 2. The van der Waals surface area contributed by atoms with Gasteiger partial charge in [-0.15, -0.1) is 0 Å². The monoisotopic (exact) mass is 288 g/mol. The van der Waals surface area contributed by atoms with E-state index in [1.807, 2.05) is 18.2 Å². The summed E-state index contributed by atoms with van der Waals surface area (Å²) in [6, 6.07) is 10.1. The van der Waals surface area contributed by atoms with E-state index in [1.54, 1.807) is 0 Å². The van der Waals surface area contributed by atoms with Crippen LogP contribution in [0.3, 0.4) is 0 Å². The van der Waals surface area contributed by atoms with Crippen molar-refractivity contribution in [3.8, 4) is 0 Å². The Morgan fingerprint density at radius 1 is 1.24 bits per heavy atom. The van der Waals surface area contributed by atoms with Gasteiger partial charge in [-0.05, 0) is 49.5 Å². The minimum Gasteiger partial charge on any atom is -0.352 e. The van der Waals surface area contributed by atoms with Gasteiger partial charge in [0.2, 0.25) is 5.91 Å². The van der Waals surface area contributed by atoms with Crippen molar-refractivity contribution in [2.45, 2.75) is 58.0 Å². The Morgan fingerprint density at radius 3 is 2.62 bits per heavy atom. The van der Waals surface area contributed by atoms with Gasteiger partial charge in [0.15, 0.2) is 0 Å². The van der Waals surface area contributed by atoms with Gasteiger partial charge in [-0.25, -0.2) is 0 Å². The van der Waals surface area contributed by atoms with E-state index < -0.39 is 6.04 Å². The van der Waals surface area contributed by atoms with Gasteiger partial charge in [-0.3, -0.25) is 4.79 Å². The van der Waals surface area contributed by atoms with Crippen LogP contribution in [0.4, 0.5) is 0 Å². The van der Waals surface area contributed by atoms with Crippen LogP contribution in [-0.2, 0) is 11.2 Å². The Balaban J connectivity index is 1.75. The molecule has 4 atom stereocenters. The fourth-order valence-electron chi connectivity index (χ4n) is 3.08. The number of nitrogens with one attached hydrogen (secondary N) is 1. The first-order valence-electron chi connectivity index (χ1n) is 8.16. The van der Waals surface area contributed by atoms with Gasteiger partial charge < -0.3 is 11.1 Å². The van der Waals surface area contributed by atoms with E-state index in [9.17, 15) is 4.79 Å². The van der Waals surface area contributed by atoms with E-state index in [0.717, 1.165) is 25.2 Å². The zero-order valence-electron chi connectivity index (χ0n) is 13.2. The Labute approximate surface area is 128 Å². The molecule has 1 aromatic rings. The van der Waals surface area contributed by atoms with Crippen LogP contribution in [0.25, 0.3) is 0 Å². The van der Waals surface area contributed by atoms with Crippen LogP contribution in [-0.4, -0.2) is 18.0 Å². The molecule has 1 aliphatic carbocycles. The van der Waals surface area contributed by atoms with Crippen molar-refractivity contribution in [1.29, 1.82) is 0 Å². The molecule has 1 saturated carbocycles. The van der Waals surface area contributed by atoms with Crippen LogP contribution in [0.5, 0.6) is 0 Å². The second-order valence-electron chi connectivity index (χ2n) is 6.60. The molecule has 0 heterocycles. The normalized spacial score (nSPS) is 27.1.